The van der Waals surface area contributed by atoms with Crippen molar-refractivity contribution in [1.82, 2.24) is 14.6 Å². The van der Waals surface area contributed by atoms with E-state index in [1.165, 1.54) is 25.1 Å². The van der Waals surface area contributed by atoms with Crippen molar-refractivity contribution >= 4 is 11.4 Å². The van der Waals surface area contributed by atoms with E-state index in [-0.39, 0.29) is 5.91 Å². The van der Waals surface area contributed by atoms with Gasteiger partial charge in [-0.1, -0.05) is 0 Å². The topological polar surface area (TPSA) is 36.8 Å². The average Bonchev–Trinajstić information content (AvgIpc) is 3.02. The van der Waals surface area contributed by atoms with Gasteiger partial charge in [-0.25, -0.2) is 0 Å². The fourth-order valence-electron chi connectivity index (χ4n) is 3.82. The van der Waals surface area contributed by atoms with E-state index >= 15 is 0 Å². The zero-order chi connectivity index (χ0) is 14.4. The number of carbonyl (C=O) groups excluding carboxylic acids is 1. The van der Waals surface area contributed by atoms with E-state index in [1.54, 1.807) is 0 Å². The van der Waals surface area contributed by atoms with Gasteiger partial charge >= 0.3 is 0 Å². The van der Waals surface area contributed by atoms with E-state index < -0.39 is 0 Å². The minimum Gasteiger partial charge on any atom is -0.348 e. The molecule has 3 atom stereocenters. The highest BCUT2D eigenvalue weighted by molar-refractivity contribution is 5.94. The number of amides is 1. The molecule has 1 N–H and O–H groups in total. The molecule has 4 rings (SSSR count). The molecule has 110 valence electrons. The molecule has 4 heteroatoms. The second-order valence-electron chi connectivity index (χ2n) is 6.53. The van der Waals surface area contributed by atoms with E-state index in [9.17, 15) is 4.79 Å². The number of rotatable bonds is 2. The van der Waals surface area contributed by atoms with Crippen LogP contribution in [0.3, 0.4) is 0 Å². The lowest BCUT2D eigenvalue weighted by atomic mass is 9.96. The van der Waals surface area contributed by atoms with E-state index in [0.29, 0.717) is 6.04 Å². The highest BCUT2D eigenvalue weighted by atomic mass is 16.1. The smallest absolute Gasteiger partial charge is 0.253 e. The summed E-state index contributed by atoms with van der Waals surface area (Å²) in [5, 5.41) is 3.21. The van der Waals surface area contributed by atoms with Crippen molar-refractivity contribution in [2.24, 2.45) is 5.92 Å². The lowest BCUT2D eigenvalue weighted by Crippen LogP contribution is -2.47. The Morgan fingerprint density at radius 3 is 3.05 bits per heavy atom. The maximum atomic E-state index is 12.5. The number of aryl methyl sites for hydroxylation is 1. The lowest BCUT2D eigenvalue weighted by Gasteiger charge is -2.30. The minimum atomic E-state index is 0.0516. The van der Waals surface area contributed by atoms with Crippen LogP contribution in [0.15, 0.2) is 30.6 Å². The second-order valence-corrected chi connectivity index (χ2v) is 6.53. The Hall–Kier alpha value is -1.81. The van der Waals surface area contributed by atoms with Crippen LogP contribution in [0.1, 0.15) is 28.8 Å². The zero-order valence-corrected chi connectivity index (χ0v) is 12.4. The molecule has 21 heavy (non-hydrogen) atoms. The van der Waals surface area contributed by atoms with Crippen molar-refractivity contribution < 1.29 is 4.79 Å². The van der Waals surface area contributed by atoms with Crippen LogP contribution >= 0.6 is 0 Å². The number of hydrogen-bond donors (Lipinski definition) is 1. The fourth-order valence-corrected chi connectivity index (χ4v) is 3.82. The highest BCUT2D eigenvalue weighted by Gasteiger charge is 2.32. The Kier molecular flexibility index (Phi) is 3.00. The maximum Gasteiger partial charge on any atom is 0.253 e. The first-order valence-electron chi connectivity index (χ1n) is 7.79. The van der Waals surface area contributed by atoms with Gasteiger partial charge in [0.05, 0.1) is 5.56 Å². The summed E-state index contributed by atoms with van der Waals surface area (Å²) in [4.78, 5) is 14.9. The Morgan fingerprint density at radius 2 is 2.19 bits per heavy atom. The first-order valence-corrected chi connectivity index (χ1v) is 7.79. The van der Waals surface area contributed by atoms with Crippen LogP contribution in [-0.2, 0) is 0 Å². The molecule has 1 amide bonds. The molecule has 2 aromatic heterocycles. The van der Waals surface area contributed by atoms with Crippen molar-refractivity contribution in [3.63, 3.8) is 0 Å². The predicted octanol–water partition coefficient (Wildman–Crippen LogP) is 2.07. The molecule has 0 radical (unpaired) electrons. The van der Waals surface area contributed by atoms with Gasteiger partial charge in [-0.05, 0) is 56.0 Å². The van der Waals surface area contributed by atoms with Crippen molar-refractivity contribution in [2.45, 2.75) is 25.8 Å². The summed E-state index contributed by atoms with van der Waals surface area (Å²) in [6, 6.07) is 6.33. The lowest BCUT2D eigenvalue weighted by molar-refractivity contribution is 0.0909. The third kappa shape index (κ3) is 2.33. The Bertz CT molecular complexity index is 678. The molecule has 4 nitrogen and oxygen atoms in total. The Morgan fingerprint density at radius 1 is 1.29 bits per heavy atom. The van der Waals surface area contributed by atoms with Gasteiger partial charge in [0.15, 0.2) is 0 Å². The number of aromatic nitrogens is 1. The van der Waals surface area contributed by atoms with Gasteiger partial charge in [0.2, 0.25) is 0 Å². The number of nitrogens with one attached hydrogen (secondary N) is 1. The molecule has 1 unspecified atom stereocenters. The van der Waals surface area contributed by atoms with Gasteiger partial charge in [0.25, 0.3) is 5.91 Å². The van der Waals surface area contributed by atoms with Crippen molar-refractivity contribution in [2.75, 3.05) is 19.6 Å². The van der Waals surface area contributed by atoms with Gasteiger partial charge in [-0.2, -0.15) is 0 Å². The first kappa shape index (κ1) is 12.9. The molecule has 2 aromatic rings. The van der Waals surface area contributed by atoms with Crippen LogP contribution in [0.2, 0.25) is 0 Å². The Balaban J connectivity index is 1.50. The maximum absolute atomic E-state index is 12.5. The summed E-state index contributed by atoms with van der Waals surface area (Å²) in [6.07, 6.45) is 6.36. The van der Waals surface area contributed by atoms with Crippen molar-refractivity contribution in [1.29, 1.82) is 0 Å². The molecule has 0 aromatic carbocycles. The van der Waals surface area contributed by atoms with Crippen molar-refractivity contribution in [3.8, 4) is 0 Å². The summed E-state index contributed by atoms with van der Waals surface area (Å²) in [5.41, 5.74) is 3.14. The van der Waals surface area contributed by atoms with E-state index in [0.717, 1.165) is 30.0 Å². The van der Waals surface area contributed by atoms with Crippen LogP contribution in [0.4, 0.5) is 0 Å². The third-order valence-corrected chi connectivity index (χ3v) is 4.93. The zero-order valence-electron chi connectivity index (χ0n) is 12.4. The van der Waals surface area contributed by atoms with Gasteiger partial charge in [-0.3, -0.25) is 4.79 Å². The highest BCUT2D eigenvalue weighted by Crippen LogP contribution is 2.26. The summed E-state index contributed by atoms with van der Waals surface area (Å²) in [6.45, 7) is 5.51. The molecule has 4 heterocycles. The average molecular weight is 283 g/mol. The number of nitrogens with zero attached hydrogens (tertiary/aromatic N) is 2. The predicted molar refractivity (Wildman–Crippen MR) is 82.6 cm³/mol. The SMILES string of the molecule is Cc1ccn2cc(C(=O)N[C@@H]3C[C@H]4CCN(C4)C3)ccc12. The molecule has 2 bridgehead atoms. The molecule has 2 saturated heterocycles. The van der Waals surface area contributed by atoms with Crippen LogP contribution in [0.25, 0.3) is 5.52 Å². The van der Waals surface area contributed by atoms with E-state index in [1.807, 2.05) is 28.9 Å². The standard InChI is InChI=1S/C17H21N3O/c1-12-4-7-20-10-14(2-3-16(12)20)17(21)18-15-8-13-5-6-19(9-13)11-15/h2-4,7,10,13,15H,5-6,8-9,11H2,1H3,(H,18,21)/t13-,15-/m1/s1. The third-order valence-electron chi connectivity index (χ3n) is 4.93. The Labute approximate surface area is 124 Å². The second kappa shape index (κ2) is 4.88. The molecule has 0 spiro atoms. The number of hydrogen-bond acceptors (Lipinski definition) is 2. The van der Waals surface area contributed by atoms with Gasteiger partial charge in [-0.15, -0.1) is 0 Å². The largest absolute Gasteiger partial charge is 0.348 e. The number of carbonyl (C=O) groups is 1. The van der Waals surface area contributed by atoms with E-state index in [4.69, 9.17) is 0 Å². The van der Waals surface area contributed by atoms with Crippen LogP contribution in [0, 0.1) is 12.8 Å². The summed E-state index contributed by atoms with van der Waals surface area (Å²) in [5.74, 6) is 0.828. The molecule has 2 aliphatic heterocycles. The molecule has 0 aliphatic carbocycles. The minimum absolute atomic E-state index is 0.0516. The first-order chi connectivity index (χ1) is 10.2. The summed E-state index contributed by atoms with van der Waals surface area (Å²) >= 11 is 0. The van der Waals surface area contributed by atoms with Gasteiger partial charge in [0, 0.05) is 37.0 Å². The van der Waals surface area contributed by atoms with Crippen molar-refractivity contribution in [3.05, 3.63) is 41.7 Å². The number of piperidine rings is 1. The van der Waals surface area contributed by atoms with E-state index in [2.05, 4.69) is 23.2 Å². The fraction of sp³-hybridized carbons (Fsp3) is 0.471. The molecule has 2 aliphatic rings. The summed E-state index contributed by atoms with van der Waals surface area (Å²) < 4.78 is 2.03. The normalized spacial score (nSPS) is 28.0. The molecular weight excluding hydrogens is 262 g/mol. The number of fused-ring (bicyclic) bond motifs is 3. The van der Waals surface area contributed by atoms with Crippen LogP contribution in [0.5, 0.6) is 0 Å². The van der Waals surface area contributed by atoms with Crippen LogP contribution in [-0.4, -0.2) is 40.9 Å². The molecule has 2 fully saturated rings. The van der Waals surface area contributed by atoms with Gasteiger partial charge < -0.3 is 14.6 Å². The van der Waals surface area contributed by atoms with Crippen LogP contribution < -0.4 is 5.32 Å². The monoisotopic (exact) mass is 283 g/mol. The quantitative estimate of drug-likeness (QED) is 0.916. The molecular formula is C17H21N3O. The van der Waals surface area contributed by atoms with Gasteiger partial charge in [0.1, 0.15) is 0 Å². The molecule has 0 saturated carbocycles. The summed E-state index contributed by atoms with van der Waals surface area (Å²) in [7, 11) is 0. The number of pyridine rings is 1.